The molecule has 0 aromatic carbocycles. The van der Waals surface area contributed by atoms with Gasteiger partial charge in [0.25, 0.3) is 0 Å². The van der Waals surface area contributed by atoms with Crippen LogP contribution in [0.15, 0.2) is 29.1 Å². The van der Waals surface area contributed by atoms with E-state index in [0.717, 1.165) is 31.7 Å². The van der Waals surface area contributed by atoms with Crippen LogP contribution in [-0.4, -0.2) is 21.5 Å². The van der Waals surface area contributed by atoms with Crippen molar-refractivity contribution in [2.75, 3.05) is 6.54 Å². The van der Waals surface area contributed by atoms with Crippen LogP contribution in [0, 0.1) is 0 Å². The van der Waals surface area contributed by atoms with Gasteiger partial charge >= 0.3 is 0 Å². The molecule has 2 heterocycles. The summed E-state index contributed by atoms with van der Waals surface area (Å²) in [7, 11) is 0. The maximum Gasteiger partial charge on any atom is 0.108 e. The molecule has 1 aliphatic carbocycles. The molecule has 1 N–H and O–H groups in total. The van der Waals surface area contributed by atoms with Crippen LogP contribution in [0.25, 0.3) is 0 Å². The number of rotatable bonds is 5. The summed E-state index contributed by atoms with van der Waals surface area (Å²) in [4.78, 5) is 0. The Morgan fingerprint density at radius 1 is 1.50 bits per heavy atom. The number of fused-ring (bicyclic) bond motifs is 1. The van der Waals surface area contributed by atoms with Crippen LogP contribution >= 0.6 is 0 Å². The Labute approximate surface area is 106 Å². The van der Waals surface area contributed by atoms with Crippen molar-refractivity contribution in [2.45, 2.75) is 38.3 Å². The first-order chi connectivity index (χ1) is 8.93. The molecule has 5 nitrogen and oxygen atoms in total. The summed E-state index contributed by atoms with van der Waals surface area (Å²) in [6.45, 7) is 1.91. The zero-order valence-electron chi connectivity index (χ0n) is 10.4. The first-order valence-electron chi connectivity index (χ1n) is 6.57. The van der Waals surface area contributed by atoms with Gasteiger partial charge in [-0.3, -0.25) is 4.68 Å². The van der Waals surface area contributed by atoms with E-state index < -0.39 is 0 Å². The lowest BCUT2D eigenvalue weighted by Gasteiger charge is -2.22. The zero-order valence-corrected chi connectivity index (χ0v) is 10.4. The average Bonchev–Trinajstić information content (AvgIpc) is 3.05. The second-order valence-corrected chi connectivity index (χ2v) is 4.72. The summed E-state index contributed by atoms with van der Waals surface area (Å²) >= 11 is 0. The number of furan rings is 1. The molecule has 1 atom stereocenters. The fraction of sp³-hybridized carbons (Fsp3) is 0.538. The summed E-state index contributed by atoms with van der Waals surface area (Å²) in [6.07, 6.45) is 9.98. The van der Waals surface area contributed by atoms with Crippen LogP contribution in [0.5, 0.6) is 0 Å². The van der Waals surface area contributed by atoms with Crippen LogP contribution in [0.4, 0.5) is 0 Å². The highest BCUT2D eigenvalue weighted by atomic mass is 16.3. The Bertz CT molecular complexity index is 477. The van der Waals surface area contributed by atoms with Crippen LogP contribution in [0.3, 0.4) is 0 Å². The molecule has 0 saturated heterocycles. The summed E-state index contributed by atoms with van der Waals surface area (Å²) in [5.74, 6) is 1.16. The fourth-order valence-electron chi connectivity index (χ4n) is 2.57. The molecular formula is C13H18N4O. The molecule has 0 spiro atoms. The van der Waals surface area contributed by atoms with Crippen molar-refractivity contribution in [3.63, 3.8) is 0 Å². The van der Waals surface area contributed by atoms with Gasteiger partial charge in [-0.25, -0.2) is 0 Å². The standard InChI is InChI=1S/C13H18N4O/c1-3-12(11-5-10-18-13(11)4-1)14-6-2-8-17-9-7-15-16-17/h5,7,9-10,12,14H,1-4,6,8H2. The van der Waals surface area contributed by atoms with Crippen molar-refractivity contribution in [1.29, 1.82) is 0 Å². The van der Waals surface area contributed by atoms with Gasteiger partial charge in [0.1, 0.15) is 5.76 Å². The van der Waals surface area contributed by atoms with E-state index in [1.165, 1.54) is 18.4 Å². The SMILES string of the molecule is c1cn(CCCNC2CCCc3occc32)nn1. The van der Waals surface area contributed by atoms with Gasteiger partial charge in [0.2, 0.25) is 0 Å². The lowest BCUT2D eigenvalue weighted by molar-refractivity contribution is 0.403. The predicted octanol–water partition coefficient (Wildman–Crippen LogP) is 1.93. The van der Waals surface area contributed by atoms with Crippen LogP contribution in [0.2, 0.25) is 0 Å². The average molecular weight is 246 g/mol. The number of hydrogen-bond acceptors (Lipinski definition) is 4. The molecule has 5 heteroatoms. The molecule has 1 unspecified atom stereocenters. The summed E-state index contributed by atoms with van der Waals surface area (Å²) in [6, 6.07) is 2.56. The van der Waals surface area contributed by atoms with Crippen molar-refractivity contribution in [3.05, 3.63) is 36.0 Å². The minimum atomic E-state index is 0.461. The van der Waals surface area contributed by atoms with E-state index in [2.05, 4.69) is 21.7 Å². The Morgan fingerprint density at radius 2 is 2.50 bits per heavy atom. The van der Waals surface area contributed by atoms with Crippen LogP contribution in [-0.2, 0) is 13.0 Å². The highest BCUT2D eigenvalue weighted by Gasteiger charge is 2.21. The maximum atomic E-state index is 5.49. The quantitative estimate of drug-likeness (QED) is 0.819. The third kappa shape index (κ3) is 2.46. The first kappa shape index (κ1) is 11.5. The highest BCUT2D eigenvalue weighted by Crippen LogP contribution is 2.30. The molecule has 3 rings (SSSR count). The number of nitrogens with zero attached hydrogens (tertiary/aromatic N) is 3. The molecular weight excluding hydrogens is 228 g/mol. The van der Waals surface area contributed by atoms with Crippen molar-refractivity contribution in [1.82, 2.24) is 20.3 Å². The summed E-state index contributed by atoms with van der Waals surface area (Å²) < 4.78 is 7.36. The summed E-state index contributed by atoms with van der Waals surface area (Å²) in [5.41, 5.74) is 1.35. The van der Waals surface area contributed by atoms with E-state index in [-0.39, 0.29) is 0 Å². The molecule has 18 heavy (non-hydrogen) atoms. The third-order valence-electron chi connectivity index (χ3n) is 3.48. The number of aromatic nitrogens is 3. The lowest BCUT2D eigenvalue weighted by Crippen LogP contribution is -2.26. The fourth-order valence-corrected chi connectivity index (χ4v) is 2.57. The first-order valence-corrected chi connectivity index (χ1v) is 6.57. The van der Waals surface area contributed by atoms with Crippen LogP contribution < -0.4 is 5.32 Å². The number of aryl methyl sites for hydroxylation is 2. The van der Waals surface area contributed by atoms with Gasteiger partial charge in [0.05, 0.1) is 12.5 Å². The molecule has 0 amide bonds. The summed E-state index contributed by atoms with van der Waals surface area (Å²) in [5, 5.41) is 11.4. The molecule has 2 aromatic heterocycles. The van der Waals surface area contributed by atoms with E-state index >= 15 is 0 Å². The Kier molecular flexibility index (Phi) is 3.41. The predicted molar refractivity (Wildman–Crippen MR) is 67.0 cm³/mol. The van der Waals surface area contributed by atoms with Gasteiger partial charge in [-0.1, -0.05) is 5.21 Å². The maximum absolute atomic E-state index is 5.49. The van der Waals surface area contributed by atoms with E-state index in [9.17, 15) is 0 Å². The van der Waals surface area contributed by atoms with Gasteiger partial charge in [-0.05, 0) is 31.9 Å². The molecule has 0 saturated carbocycles. The Balaban J connectivity index is 1.47. The van der Waals surface area contributed by atoms with Crippen molar-refractivity contribution < 1.29 is 4.42 Å². The van der Waals surface area contributed by atoms with Crippen molar-refractivity contribution >= 4 is 0 Å². The van der Waals surface area contributed by atoms with Gasteiger partial charge in [-0.15, -0.1) is 5.10 Å². The number of hydrogen-bond donors (Lipinski definition) is 1. The molecule has 0 bridgehead atoms. The highest BCUT2D eigenvalue weighted by molar-refractivity contribution is 5.23. The Hall–Kier alpha value is -1.62. The zero-order chi connectivity index (χ0) is 12.2. The monoisotopic (exact) mass is 246 g/mol. The van der Waals surface area contributed by atoms with Crippen molar-refractivity contribution in [3.8, 4) is 0 Å². The minimum Gasteiger partial charge on any atom is -0.469 e. The third-order valence-corrected chi connectivity index (χ3v) is 3.48. The van der Waals surface area contributed by atoms with Crippen LogP contribution in [0.1, 0.15) is 36.6 Å². The van der Waals surface area contributed by atoms with Gasteiger partial charge < -0.3 is 9.73 Å². The van der Waals surface area contributed by atoms with E-state index in [1.54, 1.807) is 12.5 Å². The second kappa shape index (κ2) is 5.35. The van der Waals surface area contributed by atoms with E-state index in [4.69, 9.17) is 4.42 Å². The number of nitrogens with one attached hydrogen (secondary N) is 1. The molecule has 0 radical (unpaired) electrons. The largest absolute Gasteiger partial charge is 0.469 e. The van der Waals surface area contributed by atoms with Crippen molar-refractivity contribution in [2.24, 2.45) is 0 Å². The van der Waals surface area contributed by atoms with Gasteiger partial charge in [-0.2, -0.15) is 0 Å². The van der Waals surface area contributed by atoms with E-state index in [1.807, 2.05) is 10.9 Å². The topological polar surface area (TPSA) is 55.9 Å². The minimum absolute atomic E-state index is 0.461. The second-order valence-electron chi connectivity index (χ2n) is 4.72. The Morgan fingerprint density at radius 3 is 3.39 bits per heavy atom. The smallest absolute Gasteiger partial charge is 0.108 e. The normalized spacial score (nSPS) is 18.8. The van der Waals surface area contributed by atoms with Gasteiger partial charge in [0, 0.05) is 30.8 Å². The molecule has 0 aliphatic heterocycles. The molecule has 2 aromatic rings. The molecule has 1 aliphatic rings. The van der Waals surface area contributed by atoms with Gasteiger partial charge in [0.15, 0.2) is 0 Å². The molecule has 96 valence electrons. The van der Waals surface area contributed by atoms with E-state index in [0.29, 0.717) is 6.04 Å². The molecule has 0 fully saturated rings. The lowest BCUT2D eigenvalue weighted by atomic mass is 9.93.